The highest BCUT2D eigenvalue weighted by molar-refractivity contribution is 7.17. The van der Waals surface area contributed by atoms with E-state index in [-0.39, 0.29) is 5.91 Å². The molecule has 0 radical (unpaired) electrons. The van der Waals surface area contributed by atoms with Gasteiger partial charge in [0.05, 0.1) is 5.69 Å². The van der Waals surface area contributed by atoms with Crippen molar-refractivity contribution in [3.63, 3.8) is 0 Å². The molecule has 2 rings (SSSR count). The fourth-order valence-electron chi connectivity index (χ4n) is 1.48. The van der Waals surface area contributed by atoms with Gasteiger partial charge in [-0.05, 0) is 24.6 Å². The zero-order valence-electron chi connectivity index (χ0n) is 10.2. The van der Waals surface area contributed by atoms with Crippen LogP contribution in [-0.4, -0.2) is 22.9 Å². The number of rotatable bonds is 4. The second-order valence-corrected chi connectivity index (χ2v) is 4.72. The Labute approximate surface area is 109 Å². The molecule has 2 aromatic rings. The van der Waals surface area contributed by atoms with E-state index in [9.17, 15) is 4.79 Å². The van der Waals surface area contributed by atoms with Crippen LogP contribution in [0, 0.1) is 6.92 Å². The molecule has 1 amide bonds. The van der Waals surface area contributed by atoms with E-state index in [1.807, 2.05) is 19.1 Å². The molecule has 0 spiro atoms. The number of amides is 1. The molecule has 0 aliphatic heterocycles. The summed E-state index contributed by atoms with van der Waals surface area (Å²) in [5.74, 6) is -0.0942. The van der Waals surface area contributed by atoms with Gasteiger partial charge in [0.2, 0.25) is 0 Å². The second kappa shape index (κ2) is 5.59. The third kappa shape index (κ3) is 2.84. The molecule has 2 heterocycles. The van der Waals surface area contributed by atoms with Crippen molar-refractivity contribution in [2.45, 2.75) is 13.5 Å². The maximum Gasteiger partial charge on any atom is 0.263 e. The van der Waals surface area contributed by atoms with Crippen molar-refractivity contribution in [1.82, 2.24) is 15.3 Å². The van der Waals surface area contributed by atoms with Crippen molar-refractivity contribution in [2.24, 2.45) is 0 Å². The highest BCUT2D eigenvalue weighted by Gasteiger charge is 2.14. The van der Waals surface area contributed by atoms with Gasteiger partial charge < -0.3 is 10.6 Å². The van der Waals surface area contributed by atoms with E-state index in [1.54, 1.807) is 19.4 Å². The monoisotopic (exact) mass is 262 g/mol. The summed E-state index contributed by atoms with van der Waals surface area (Å²) in [6.07, 6.45) is 3.41. The molecule has 0 aliphatic rings. The standard InChI is InChI=1S/C12H14N4OS/c1-8-10(18-12(13-2)16-8)11(17)15-7-9-3-5-14-6-4-9/h3-6H,7H2,1-2H3,(H,13,16)(H,15,17). The molecule has 0 fully saturated rings. The first-order chi connectivity index (χ1) is 8.70. The first-order valence-corrected chi connectivity index (χ1v) is 6.34. The molecule has 6 heteroatoms. The van der Waals surface area contributed by atoms with Gasteiger partial charge in [0, 0.05) is 26.0 Å². The van der Waals surface area contributed by atoms with Crippen LogP contribution in [0.4, 0.5) is 5.13 Å². The largest absolute Gasteiger partial charge is 0.365 e. The van der Waals surface area contributed by atoms with E-state index in [1.165, 1.54) is 11.3 Å². The number of pyridine rings is 1. The van der Waals surface area contributed by atoms with E-state index in [2.05, 4.69) is 20.6 Å². The molecule has 5 nitrogen and oxygen atoms in total. The molecule has 0 aromatic carbocycles. The highest BCUT2D eigenvalue weighted by Crippen LogP contribution is 2.21. The number of nitrogens with zero attached hydrogens (tertiary/aromatic N) is 2. The number of thiazole rings is 1. The number of carbonyl (C=O) groups excluding carboxylic acids is 1. The first-order valence-electron chi connectivity index (χ1n) is 5.53. The van der Waals surface area contributed by atoms with Crippen molar-refractivity contribution >= 4 is 22.4 Å². The number of hydrogen-bond donors (Lipinski definition) is 2. The summed E-state index contributed by atoms with van der Waals surface area (Å²) < 4.78 is 0. The molecular weight excluding hydrogens is 248 g/mol. The molecule has 0 bridgehead atoms. The van der Waals surface area contributed by atoms with Gasteiger partial charge in [-0.25, -0.2) is 4.98 Å². The number of aryl methyl sites for hydroxylation is 1. The minimum Gasteiger partial charge on any atom is -0.365 e. The lowest BCUT2D eigenvalue weighted by Gasteiger charge is -2.03. The fraction of sp³-hybridized carbons (Fsp3) is 0.250. The van der Waals surface area contributed by atoms with E-state index in [0.717, 1.165) is 16.4 Å². The summed E-state index contributed by atoms with van der Waals surface area (Å²) in [7, 11) is 1.79. The maximum absolute atomic E-state index is 12.0. The third-order valence-electron chi connectivity index (χ3n) is 2.42. The second-order valence-electron chi connectivity index (χ2n) is 3.72. The normalized spacial score (nSPS) is 10.1. The van der Waals surface area contributed by atoms with Gasteiger partial charge in [-0.2, -0.15) is 0 Å². The highest BCUT2D eigenvalue weighted by atomic mass is 32.1. The molecule has 2 aromatic heterocycles. The van der Waals surface area contributed by atoms with Gasteiger partial charge in [-0.1, -0.05) is 11.3 Å². The summed E-state index contributed by atoms with van der Waals surface area (Å²) >= 11 is 1.36. The Bertz CT molecular complexity index is 538. The summed E-state index contributed by atoms with van der Waals surface area (Å²) in [5, 5.41) is 6.56. The Morgan fingerprint density at radius 1 is 1.39 bits per heavy atom. The van der Waals surface area contributed by atoms with Crippen LogP contribution >= 0.6 is 11.3 Å². The van der Waals surface area contributed by atoms with Crippen molar-refractivity contribution in [1.29, 1.82) is 0 Å². The van der Waals surface area contributed by atoms with Crippen LogP contribution in [0.15, 0.2) is 24.5 Å². The van der Waals surface area contributed by atoms with Gasteiger partial charge in [-0.15, -0.1) is 0 Å². The SMILES string of the molecule is CNc1nc(C)c(C(=O)NCc2ccncc2)s1. The molecule has 2 N–H and O–H groups in total. The van der Waals surface area contributed by atoms with Gasteiger partial charge in [0.25, 0.3) is 5.91 Å². The maximum atomic E-state index is 12.0. The minimum absolute atomic E-state index is 0.0942. The number of hydrogen-bond acceptors (Lipinski definition) is 5. The number of anilines is 1. The zero-order valence-corrected chi connectivity index (χ0v) is 11.0. The summed E-state index contributed by atoms with van der Waals surface area (Å²) in [4.78, 5) is 20.8. The quantitative estimate of drug-likeness (QED) is 0.882. The average Bonchev–Trinajstić information content (AvgIpc) is 2.78. The van der Waals surface area contributed by atoms with Crippen LogP contribution in [0.3, 0.4) is 0 Å². The predicted molar refractivity (Wildman–Crippen MR) is 71.8 cm³/mol. The van der Waals surface area contributed by atoms with Crippen molar-refractivity contribution in [3.05, 3.63) is 40.7 Å². The minimum atomic E-state index is -0.0942. The predicted octanol–water partition coefficient (Wildman–Crippen LogP) is 1.82. The Balaban J connectivity index is 2.01. The lowest BCUT2D eigenvalue weighted by Crippen LogP contribution is -2.22. The first kappa shape index (κ1) is 12.5. The van der Waals surface area contributed by atoms with Crippen molar-refractivity contribution in [3.8, 4) is 0 Å². The van der Waals surface area contributed by atoms with Crippen molar-refractivity contribution in [2.75, 3.05) is 12.4 Å². The van der Waals surface area contributed by atoms with Gasteiger partial charge in [0.1, 0.15) is 4.88 Å². The summed E-state index contributed by atoms with van der Waals surface area (Å²) in [5.41, 5.74) is 1.77. The van der Waals surface area contributed by atoms with Crippen LogP contribution in [-0.2, 0) is 6.54 Å². The molecule has 18 heavy (non-hydrogen) atoms. The summed E-state index contributed by atoms with van der Waals surface area (Å²) in [6.45, 7) is 2.33. The Hall–Kier alpha value is -1.95. The Morgan fingerprint density at radius 3 is 2.72 bits per heavy atom. The smallest absolute Gasteiger partial charge is 0.263 e. The average molecular weight is 262 g/mol. The lowest BCUT2D eigenvalue weighted by molar-refractivity contribution is 0.0954. The topological polar surface area (TPSA) is 66.9 Å². The number of aromatic nitrogens is 2. The Kier molecular flexibility index (Phi) is 3.88. The number of nitrogens with one attached hydrogen (secondary N) is 2. The molecule has 0 unspecified atom stereocenters. The third-order valence-corrected chi connectivity index (χ3v) is 3.59. The van der Waals surface area contributed by atoms with Crippen LogP contribution in [0.25, 0.3) is 0 Å². The zero-order chi connectivity index (χ0) is 13.0. The molecule has 0 atom stereocenters. The lowest BCUT2D eigenvalue weighted by atomic mass is 10.2. The summed E-state index contributed by atoms with van der Waals surface area (Å²) in [6, 6.07) is 3.75. The van der Waals surface area contributed by atoms with Crippen LogP contribution in [0.5, 0.6) is 0 Å². The van der Waals surface area contributed by atoms with Gasteiger partial charge in [0.15, 0.2) is 5.13 Å². The van der Waals surface area contributed by atoms with Crippen LogP contribution in [0.2, 0.25) is 0 Å². The van der Waals surface area contributed by atoms with Gasteiger partial charge in [-0.3, -0.25) is 9.78 Å². The van der Waals surface area contributed by atoms with E-state index in [0.29, 0.717) is 11.4 Å². The van der Waals surface area contributed by atoms with Gasteiger partial charge >= 0.3 is 0 Å². The molecule has 94 valence electrons. The van der Waals surface area contributed by atoms with Crippen LogP contribution in [0.1, 0.15) is 20.9 Å². The molecule has 0 saturated heterocycles. The van der Waals surface area contributed by atoms with Crippen LogP contribution < -0.4 is 10.6 Å². The fourth-order valence-corrected chi connectivity index (χ4v) is 2.31. The van der Waals surface area contributed by atoms with Crippen molar-refractivity contribution < 1.29 is 4.79 Å². The van der Waals surface area contributed by atoms with E-state index >= 15 is 0 Å². The number of carbonyl (C=O) groups is 1. The molecular formula is C12H14N4OS. The molecule has 0 saturated carbocycles. The van der Waals surface area contributed by atoms with E-state index < -0.39 is 0 Å². The molecule has 0 aliphatic carbocycles. The Morgan fingerprint density at radius 2 is 2.11 bits per heavy atom. The van der Waals surface area contributed by atoms with E-state index in [4.69, 9.17) is 0 Å².